The highest BCUT2D eigenvalue weighted by Crippen LogP contribution is 2.17. The monoisotopic (exact) mass is 251 g/mol. The van der Waals surface area contributed by atoms with Crippen molar-refractivity contribution in [1.82, 2.24) is 15.5 Å². The van der Waals surface area contributed by atoms with E-state index in [1.165, 1.54) is 0 Å². The van der Waals surface area contributed by atoms with E-state index in [4.69, 9.17) is 6.42 Å². The fourth-order valence-electron chi connectivity index (χ4n) is 2.11. The summed E-state index contributed by atoms with van der Waals surface area (Å²) in [5.41, 5.74) is 0. The molecule has 1 aliphatic heterocycles. The van der Waals surface area contributed by atoms with E-state index in [1.54, 1.807) is 6.92 Å². The minimum absolute atomic E-state index is 0.0296. The van der Waals surface area contributed by atoms with Crippen molar-refractivity contribution < 1.29 is 9.59 Å². The van der Waals surface area contributed by atoms with Crippen LogP contribution in [0, 0.1) is 12.3 Å². The Morgan fingerprint density at radius 1 is 1.50 bits per heavy atom. The molecule has 1 rings (SSSR count). The van der Waals surface area contributed by atoms with Gasteiger partial charge in [0.05, 0.1) is 6.54 Å². The van der Waals surface area contributed by atoms with E-state index < -0.39 is 12.1 Å². The van der Waals surface area contributed by atoms with Crippen LogP contribution in [0.25, 0.3) is 0 Å². The Morgan fingerprint density at radius 2 is 2.22 bits per heavy atom. The predicted octanol–water partition coefficient (Wildman–Crippen LogP) is 0.708. The second kappa shape index (κ2) is 6.90. The first-order valence-electron chi connectivity index (χ1n) is 6.34. The number of likely N-dealkylation sites (tertiary alicyclic amines) is 1. The highest BCUT2D eigenvalue weighted by Gasteiger charge is 2.27. The molecule has 0 aromatic carbocycles. The molecule has 0 saturated carbocycles. The van der Waals surface area contributed by atoms with Gasteiger partial charge in [-0.05, 0) is 33.1 Å². The summed E-state index contributed by atoms with van der Waals surface area (Å²) in [6.07, 6.45) is 8.26. The van der Waals surface area contributed by atoms with Crippen LogP contribution >= 0.6 is 0 Å². The maximum atomic E-state index is 12.2. The fourth-order valence-corrected chi connectivity index (χ4v) is 2.11. The third-order valence-electron chi connectivity index (χ3n) is 3.16. The van der Waals surface area contributed by atoms with Gasteiger partial charge in [0.15, 0.2) is 0 Å². The summed E-state index contributed by atoms with van der Waals surface area (Å²) in [4.78, 5) is 25.4. The summed E-state index contributed by atoms with van der Waals surface area (Å²) in [6.45, 7) is 4.67. The van der Waals surface area contributed by atoms with Crippen LogP contribution in [0.4, 0.5) is 4.79 Å². The summed E-state index contributed by atoms with van der Waals surface area (Å²) in [7, 11) is 0. The number of rotatable bonds is 3. The molecule has 0 unspecified atom stereocenters. The first kappa shape index (κ1) is 14.4. The first-order chi connectivity index (χ1) is 8.56. The SMILES string of the molecule is C#CCNC(=O)N[C@H](C)C(=O)N1CCCC[C@@H]1C. The quantitative estimate of drug-likeness (QED) is 0.726. The molecule has 100 valence electrons. The van der Waals surface area contributed by atoms with E-state index in [1.807, 2.05) is 11.8 Å². The van der Waals surface area contributed by atoms with E-state index in [9.17, 15) is 9.59 Å². The molecule has 0 aliphatic carbocycles. The predicted molar refractivity (Wildman–Crippen MR) is 69.9 cm³/mol. The Morgan fingerprint density at radius 3 is 2.83 bits per heavy atom. The van der Waals surface area contributed by atoms with Crippen LogP contribution in [0.2, 0.25) is 0 Å². The minimum atomic E-state index is -0.525. The van der Waals surface area contributed by atoms with Crippen molar-refractivity contribution in [3.63, 3.8) is 0 Å². The van der Waals surface area contributed by atoms with Gasteiger partial charge in [0.2, 0.25) is 5.91 Å². The standard InChI is InChI=1S/C13H21N3O2/c1-4-8-14-13(18)15-11(3)12(17)16-9-6-5-7-10(16)2/h1,10-11H,5-9H2,2-3H3,(H2,14,15,18)/t10-,11+/m0/s1. The van der Waals surface area contributed by atoms with Crippen LogP contribution < -0.4 is 10.6 Å². The van der Waals surface area contributed by atoms with Crippen LogP contribution in [-0.4, -0.2) is 42.0 Å². The van der Waals surface area contributed by atoms with Gasteiger partial charge in [-0.25, -0.2) is 4.79 Å². The Bertz CT molecular complexity index is 349. The third kappa shape index (κ3) is 3.95. The van der Waals surface area contributed by atoms with E-state index in [0.29, 0.717) is 0 Å². The first-order valence-corrected chi connectivity index (χ1v) is 6.34. The van der Waals surface area contributed by atoms with Crippen molar-refractivity contribution in [3.8, 4) is 12.3 Å². The lowest BCUT2D eigenvalue weighted by atomic mass is 10.0. The molecular weight excluding hydrogens is 230 g/mol. The van der Waals surface area contributed by atoms with Gasteiger partial charge in [-0.1, -0.05) is 5.92 Å². The average molecular weight is 251 g/mol. The lowest BCUT2D eigenvalue weighted by Crippen LogP contribution is -2.53. The Hall–Kier alpha value is -1.70. The summed E-state index contributed by atoms with van der Waals surface area (Å²) < 4.78 is 0. The number of carbonyl (C=O) groups excluding carboxylic acids is 2. The zero-order valence-corrected chi connectivity index (χ0v) is 11.0. The lowest BCUT2D eigenvalue weighted by Gasteiger charge is -2.35. The smallest absolute Gasteiger partial charge is 0.316 e. The molecule has 0 spiro atoms. The molecule has 0 radical (unpaired) electrons. The molecule has 2 N–H and O–H groups in total. The number of amides is 3. The lowest BCUT2D eigenvalue weighted by molar-refractivity contribution is -0.136. The second-order valence-corrected chi connectivity index (χ2v) is 4.63. The molecule has 0 bridgehead atoms. The number of piperidine rings is 1. The summed E-state index contributed by atoms with van der Waals surface area (Å²) >= 11 is 0. The van der Waals surface area contributed by atoms with Gasteiger partial charge >= 0.3 is 6.03 Å². The second-order valence-electron chi connectivity index (χ2n) is 4.63. The molecule has 0 aromatic heterocycles. The van der Waals surface area contributed by atoms with Crippen molar-refractivity contribution in [2.75, 3.05) is 13.1 Å². The van der Waals surface area contributed by atoms with Gasteiger partial charge < -0.3 is 15.5 Å². The average Bonchev–Trinajstić information content (AvgIpc) is 2.36. The number of carbonyl (C=O) groups is 2. The number of urea groups is 1. The van der Waals surface area contributed by atoms with Crippen molar-refractivity contribution in [2.24, 2.45) is 0 Å². The molecule has 1 aliphatic rings. The van der Waals surface area contributed by atoms with E-state index in [2.05, 4.69) is 16.6 Å². The minimum Gasteiger partial charge on any atom is -0.338 e. The van der Waals surface area contributed by atoms with Crippen LogP contribution in [0.3, 0.4) is 0 Å². The molecule has 5 nitrogen and oxygen atoms in total. The van der Waals surface area contributed by atoms with Crippen LogP contribution in [0.1, 0.15) is 33.1 Å². The molecule has 18 heavy (non-hydrogen) atoms. The molecule has 1 fully saturated rings. The van der Waals surface area contributed by atoms with E-state index >= 15 is 0 Å². The van der Waals surface area contributed by atoms with E-state index in [-0.39, 0.29) is 18.5 Å². The van der Waals surface area contributed by atoms with Crippen molar-refractivity contribution >= 4 is 11.9 Å². The molecule has 5 heteroatoms. The summed E-state index contributed by atoms with van der Waals surface area (Å²) in [5.74, 6) is 2.27. The van der Waals surface area contributed by atoms with Crippen molar-refractivity contribution in [1.29, 1.82) is 0 Å². The summed E-state index contributed by atoms with van der Waals surface area (Å²) in [6, 6.07) is -0.675. The topological polar surface area (TPSA) is 61.4 Å². The van der Waals surface area contributed by atoms with E-state index in [0.717, 1.165) is 25.8 Å². The molecule has 1 heterocycles. The van der Waals surface area contributed by atoms with Gasteiger partial charge in [-0.3, -0.25) is 4.79 Å². The van der Waals surface area contributed by atoms with Gasteiger partial charge in [0.25, 0.3) is 0 Å². The number of nitrogens with zero attached hydrogens (tertiary/aromatic N) is 1. The zero-order valence-electron chi connectivity index (χ0n) is 11.0. The summed E-state index contributed by atoms with van der Waals surface area (Å²) in [5, 5.41) is 5.07. The highest BCUT2D eigenvalue weighted by atomic mass is 16.2. The van der Waals surface area contributed by atoms with Gasteiger partial charge in [0, 0.05) is 12.6 Å². The highest BCUT2D eigenvalue weighted by molar-refractivity contribution is 5.87. The zero-order chi connectivity index (χ0) is 13.5. The third-order valence-corrected chi connectivity index (χ3v) is 3.16. The number of hydrogen-bond donors (Lipinski definition) is 2. The number of hydrogen-bond acceptors (Lipinski definition) is 2. The fraction of sp³-hybridized carbons (Fsp3) is 0.692. The number of nitrogens with one attached hydrogen (secondary N) is 2. The Labute approximate surface area is 108 Å². The molecule has 0 aromatic rings. The van der Waals surface area contributed by atoms with Crippen molar-refractivity contribution in [3.05, 3.63) is 0 Å². The molecular formula is C13H21N3O2. The molecule has 1 saturated heterocycles. The molecule has 3 amide bonds. The maximum Gasteiger partial charge on any atom is 0.316 e. The number of terminal acetylenes is 1. The normalized spacial score (nSPS) is 20.7. The Kier molecular flexibility index (Phi) is 5.50. The van der Waals surface area contributed by atoms with Gasteiger partial charge in [-0.15, -0.1) is 6.42 Å². The van der Waals surface area contributed by atoms with Crippen LogP contribution in [0.5, 0.6) is 0 Å². The van der Waals surface area contributed by atoms with Crippen LogP contribution in [-0.2, 0) is 4.79 Å². The van der Waals surface area contributed by atoms with Crippen molar-refractivity contribution in [2.45, 2.75) is 45.2 Å². The van der Waals surface area contributed by atoms with Gasteiger partial charge in [0.1, 0.15) is 6.04 Å². The Balaban J connectivity index is 2.45. The largest absolute Gasteiger partial charge is 0.338 e. The molecule has 2 atom stereocenters. The maximum absolute atomic E-state index is 12.2. The van der Waals surface area contributed by atoms with Crippen LogP contribution in [0.15, 0.2) is 0 Å². The van der Waals surface area contributed by atoms with Gasteiger partial charge in [-0.2, -0.15) is 0 Å².